The summed E-state index contributed by atoms with van der Waals surface area (Å²) in [6.45, 7) is 0. The first-order valence-corrected chi connectivity index (χ1v) is 6.83. The Morgan fingerprint density at radius 3 is 2.48 bits per heavy atom. The first-order valence-electron chi connectivity index (χ1n) is 6.83. The lowest BCUT2D eigenvalue weighted by atomic mass is 9.98. The van der Waals surface area contributed by atoms with Gasteiger partial charge in [0.1, 0.15) is 5.58 Å². The van der Waals surface area contributed by atoms with Gasteiger partial charge in [0.2, 0.25) is 0 Å². The van der Waals surface area contributed by atoms with E-state index < -0.39 is 0 Å². The van der Waals surface area contributed by atoms with E-state index in [2.05, 4.69) is 30.3 Å². The van der Waals surface area contributed by atoms with Crippen LogP contribution >= 0.6 is 0 Å². The average molecular weight is 272 g/mol. The Labute approximate surface area is 121 Å². The van der Waals surface area contributed by atoms with Crippen LogP contribution in [0.5, 0.6) is 0 Å². The molecule has 21 heavy (non-hydrogen) atoms. The van der Waals surface area contributed by atoms with E-state index in [1.165, 1.54) is 16.8 Å². The summed E-state index contributed by atoms with van der Waals surface area (Å²) >= 11 is 0. The predicted octanol–water partition coefficient (Wildman–Crippen LogP) is 4.61. The molecular weight excluding hydrogens is 260 g/mol. The standard InChI is InChI=1S/C19H12O2/c20-19-11-10-14-8-9-15(12-18(14)21-19)17-7-3-5-13-4-1-2-6-16(13)17/h1-12H. The van der Waals surface area contributed by atoms with Crippen molar-refractivity contribution in [3.8, 4) is 11.1 Å². The number of fused-ring (bicyclic) bond motifs is 2. The van der Waals surface area contributed by atoms with Crippen LogP contribution in [0.15, 0.2) is 82.0 Å². The quantitative estimate of drug-likeness (QED) is 0.473. The second kappa shape index (κ2) is 4.60. The molecule has 0 bridgehead atoms. The Morgan fingerprint density at radius 1 is 0.714 bits per heavy atom. The lowest BCUT2D eigenvalue weighted by molar-refractivity contribution is 0.561. The maximum Gasteiger partial charge on any atom is 0.336 e. The zero-order valence-electron chi connectivity index (χ0n) is 11.2. The van der Waals surface area contributed by atoms with Gasteiger partial charge in [0.15, 0.2) is 0 Å². The van der Waals surface area contributed by atoms with Gasteiger partial charge in [-0.05, 0) is 34.0 Å². The van der Waals surface area contributed by atoms with Gasteiger partial charge in [0.25, 0.3) is 0 Å². The van der Waals surface area contributed by atoms with Crippen molar-refractivity contribution in [2.24, 2.45) is 0 Å². The van der Waals surface area contributed by atoms with Crippen molar-refractivity contribution in [2.75, 3.05) is 0 Å². The SMILES string of the molecule is O=c1ccc2ccc(-c3cccc4ccccc34)cc2o1. The van der Waals surface area contributed by atoms with Gasteiger partial charge < -0.3 is 4.42 Å². The van der Waals surface area contributed by atoms with Crippen molar-refractivity contribution in [1.82, 2.24) is 0 Å². The number of hydrogen-bond donors (Lipinski definition) is 0. The van der Waals surface area contributed by atoms with E-state index in [1.54, 1.807) is 6.07 Å². The molecule has 100 valence electrons. The Kier molecular flexibility index (Phi) is 2.61. The minimum absolute atomic E-state index is 0.322. The van der Waals surface area contributed by atoms with Gasteiger partial charge >= 0.3 is 5.63 Å². The predicted molar refractivity (Wildman–Crippen MR) is 85.4 cm³/mol. The van der Waals surface area contributed by atoms with Crippen LogP contribution in [0.25, 0.3) is 32.9 Å². The summed E-state index contributed by atoms with van der Waals surface area (Å²) in [5.41, 5.74) is 2.49. The minimum atomic E-state index is -0.322. The Bertz CT molecular complexity index is 1010. The molecule has 0 aliphatic rings. The molecule has 1 heterocycles. The Hall–Kier alpha value is -2.87. The number of rotatable bonds is 1. The third-order valence-electron chi connectivity index (χ3n) is 3.72. The summed E-state index contributed by atoms with van der Waals surface area (Å²) in [7, 11) is 0. The Balaban J connectivity index is 2.02. The molecule has 0 unspecified atom stereocenters. The van der Waals surface area contributed by atoms with Crippen LogP contribution in [0.1, 0.15) is 0 Å². The third kappa shape index (κ3) is 2.01. The van der Waals surface area contributed by atoms with Crippen LogP contribution in [0.4, 0.5) is 0 Å². The fourth-order valence-corrected chi connectivity index (χ4v) is 2.71. The van der Waals surface area contributed by atoms with Crippen molar-refractivity contribution in [3.63, 3.8) is 0 Å². The maximum atomic E-state index is 11.4. The molecule has 4 rings (SSSR count). The smallest absolute Gasteiger partial charge is 0.336 e. The highest BCUT2D eigenvalue weighted by Gasteiger charge is 2.05. The van der Waals surface area contributed by atoms with E-state index in [-0.39, 0.29) is 5.63 Å². The van der Waals surface area contributed by atoms with Crippen molar-refractivity contribution in [3.05, 3.63) is 83.2 Å². The van der Waals surface area contributed by atoms with Gasteiger partial charge in [-0.2, -0.15) is 0 Å². The van der Waals surface area contributed by atoms with Crippen molar-refractivity contribution in [2.45, 2.75) is 0 Å². The van der Waals surface area contributed by atoms with E-state index in [0.717, 1.165) is 16.5 Å². The van der Waals surface area contributed by atoms with Crippen molar-refractivity contribution < 1.29 is 4.42 Å². The van der Waals surface area contributed by atoms with E-state index >= 15 is 0 Å². The molecule has 0 amide bonds. The van der Waals surface area contributed by atoms with Crippen LogP contribution in [-0.4, -0.2) is 0 Å². The minimum Gasteiger partial charge on any atom is -0.423 e. The largest absolute Gasteiger partial charge is 0.423 e. The van der Waals surface area contributed by atoms with Gasteiger partial charge in [-0.3, -0.25) is 0 Å². The van der Waals surface area contributed by atoms with Crippen LogP contribution < -0.4 is 5.63 Å². The molecule has 4 aromatic rings. The summed E-state index contributed by atoms with van der Waals surface area (Å²) < 4.78 is 5.28. The van der Waals surface area contributed by atoms with Crippen LogP contribution in [0, 0.1) is 0 Å². The molecule has 0 spiro atoms. The fraction of sp³-hybridized carbons (Fsp3) is 0. The topological polar surface area (TPSA) is 30.2 Å². The summed E-state index contributed by atoms with van der Waals surface area (Å²) in [6.07, 6.45) is 0. The highest BCUT2D eigenvalue weighted by Crippen LogP contribution is 2.30. The van der Waals surface area contributed by atoms with Gasteiger partial charge in [-0.15, -0.1) is 0 Å². The molecule has 0 saturated heterocycles. The normalized spacial score (nSPS) is 11.0. The van der Waals surface area contributed by atoms with E-state index in [0.29, 0.717) is 5.58 Å². The van der Waals surface area contributed by atoms with Crippen LogP contribution in [0.3, 0.4) is 0 Å². The first kappa shape index (κ1) is 11.9. The molecule has 2 nitrogen and oxygen atoms in total. The second-order valence-corrected chi connectivity index (χ2v) is 5.03. The molecule has 0 aliphatic carbocycles. The molecule has 0 atom stereocenters. The molecule has 1 aromatic heterocycles. The number of hydrogen-bond acceptors (Lipinski definition) is 2. The summed E-state index contributed by atoms with van der Waals surface area (Å²) in [6, 6.07) is 23.7. The fourth-order valence-electron chi connectivity index (χ4n) is 2.71. The van der Waals surface area contributed by atoms with Crippen molar-refractivity contribution >= 4 is 21.7 Å². The summed E-state index contributed by atoms with van der Waals surface area (Å²) in [5.74, 6) is 0. The lowest BCUT2D eigenvalue weighted by Gasteiger charge is -2.07. The maximum absolute atomic E-state index is 11.4. The molecule has 0 saturated carbocycles. The van der Waals surface area contributed by atoms with Gasteiger partial charge in [0, 0.05) is 11.5 Å². The molecule has 0 N–H and O–H groups in total. The lowest BCUT2D eigenvalue weighted by Crippen LogP contribution is -1.94. The van der Waals surface area contributed by atoms with Gasteiger partial charge in [0.05, 0.1) is 0 Å². The van der Waals surface area contributed by atoms with Crippen molar-refractivity contribution in [1.29, 1.82) is 0 Å². The molecule has 0 fully saturated rings. The summed E-state index contributed by atoms with van der Waals surface area (Å²) in [5, 5.41) is 3.32. The average Bonchev–Trinajstić information content (AvgIpc) is 2.53. The highest BCUT2D eigenvalue weighted by atomic mass is 16.4. The van der Waals surface area contributed by atoms with E-state index in [1.807, 2.05) is 30.3 Å². The van der Waals surface area contributed by atoms with Gasteiger partial charge in [-0.25, -0.2) is 4.79 Å². The molecular formula is C19H12O2. The Morgan fingerprint density at radius 2 is 1.52 bits per heavy atom. The monoisotopic (exact) mass is 272 g/mol. The third-order valence-corrected chi connectivity index (χ3v) is 3.72. The molecule has 0 aliphatic heterocycles. The van der Waals surface area contributed by atoms with E-state index in [4.69, 9.17) is 4.42 Å². The van der Waals surface area contributed by atoms with Crippen LogP contribution in [-0.2, 0) is 0 Å². The zero-order chi connectivity index (χ0) is 14.2. The molecule has 2 heteroatoms. The van der Waals surface area contributed by atoms with Crippen LogP contribution in [0.2, 0.25) is 0 Å². The summed E-state index contributed by atoms with van der Waals surface area (Å²) in [4.78, 5) is 11.4. The van der Waals surface area contributed by atoms with Gasteiger partial charge in [-0.1, -0.05) is 54.6 Å². The zero-order valence-corrected chi connectivity index (χ0v) is 11.2. The van der Waals surface area contributed by atoms with E-state index in [9.17, 15) is 4.79 Å². The second-order valence-electron chi connectivity index (χ2n) is 5.03. The molecule has 3 aromatic carbocycles. The highest BCUT2D eigenvalue weighted by molar-refractivity contribution is 5.98. The molecule has 0 radical (unpaired) electrons. The first-order chi connectivity index (χ1) is 10.3. The number of benzene rings is 3.